The average molecular weight is 661 g/mol. The molecule has 0 aliphatic rings. The summed E-state index contributed by atoms with van der Waals surface area (Å²) in [6.45, 7) is 3.67. The lowest BCUT2D eigenvalue weighted by molar-refractivity contribution is 0.0964. The second-order valence-corrected chi connectivity index (χ2v) is 11.6. The number of amides is 1. The molecule has 1 atom stereocenters. The van der Waals surface area contributed by atoms with Crippen LogP contribution in [0.15, 0.2) is 88.1 Å². The SMILES string of the molecule is CNC(=O)c1c(-c2ccc(F)cc2)oc2cc(N(C)SC)c(-c3ccc4nc(C)n([C@H](C)c5ccc(F)cc5)c(=O)c4c3)cc12.O.O. The van der Waals surface area contributed by atoms with Crippen molar-refractivity contribution < 1.29 is 28.9 Å². The zero-order chi connectivity index (χ0) is 32.0. The van der Waals surface area contributed by atoms with Crippen molar-refractivity contribution >= 4 is 45.4 Å². The third-order valence-corrected chi connectivity index (χ3v) is 8.85. The largest absolute Gasteiger partial charge is 0.455 e. The molecule has 0 fully saturated rings. The Bertz CT molecular complexity index is 2150. The first-order valence-electron chi connectivity index (χ1n) is 14.3. The van der Waals surface area contributed by atoms with E-state index in [1.54, 1.807) is 42.8 Å². The predicted octanol–water partition coefficient (Wildman–Crippen LogP) is 6.10. The molecule has 244 valence electrons. The number of nitrogens with one attached hydrogen (secondary N) is 1. The van der Waals surface area contributed by atoms with Gasteiger partial charge in [0.05, 0.1) is 28.2 Å². The summed E-state index contributed by atoms with van der Waals surface area (Å²) in [4.78, 5) is 32.0. The molecule has 0 unspecified atom stereocenters. The maximum absolute atomic E-state index is 14.0. The van der Waals surface area contributed by atoms with E-state index in [0.29, 0.717) is 44.6 Å². The minimum Gasteiger partial charge on any atom is -0.455 e. The predicted molar refractivity (Wildman–Crippen MR) is 184 cm³/mol. The highest BCUT2D eigenvalue weighted by atomic mass is 32.2. The number of anilines is 1. The third-order valence-electron chi connectivity index (χ3n) is 8.11. The smallest absolute Gasteiger partial charge is 0.261 e. The van der Waals surface area contributed by atoms with Crippen molar-refractivity contribution in [2.24, 2.45) is 0 Å². The molecule has 2 aromatic heterocycles. The molecule has 47 heavy (non-hydrogen) atoms. The monoisotopic (exact) mass is 660 g/mol. The highest BCUT2D eigenvalue weighted by Gasteiger charge is 2.25. The van der Waals surface area contributed by atoms with Crippen molar-refractivity contribution in [3.8, 4) is 22.5 Å². The number of hydrogen-bond acceptors (Lipinski definition) is 6. The maximum Gasteiger partial charge on any atom is 0.261 e. The Morgan fingerprint density at radius 1 is 0.936 bits per heavy atom. The number of carbonyl (C=O) groups excluding carboxylic acids is 1. The lowest BCUT2D eigenvalue weighted by Gasteiger charge is -2.21. The molecule has 6 aromatic rings. The standard InChI is InChI=1S/C35H30F2N4O3S.2H2O/c1-19(21-6-11-24(36)12-7-21)41-20(2)39-29-15-10-23(16-27(29)35(41)43)26-17-28-31(18-30(26)40(4)45-5)44-33(32(28)34(42)38-3)22-8-13-25(37)14-9-22;;/h6-19H,1-5H3,(H,38,42);2*1H2/t19-;;/m1../s1. The van der Waals surface area contributed by atoms with Crippen molar-refractivity contribution in [1.82, 2.24) is 14.9 Å². The second-order valence-electron chi connectivity index (χ2n) is 10.7. The lowest BCUT2D eigenvalue weighted by Crippen LogP contribution is -2.27. The Labute approximate surface area is 273 Å². The second kappa shape index (κ2) is 13.8. The molecule has 6 rings (SSSR count). The summed E-state index contributed by atoms with van der Waals surface area (Å²) in [5, 5.41) is 3.70. The normalized spacial score (nSPS) is 11.6. The number of aromatic nitrogens is 2. The van der Waals surface area contributed by atoms with Crippen LogP contribution in [-0.2, 0) is 0 Å². The van der Waals surface area contributed by atoms with Crippen LogP contribution in [0, 0.1) is 18.6 Å². The number of benzene rings is 4. The number of carbonyl (C=O) groups is 1. The number of nitrogens with zero attached hydrogens (tertiary/aromatic N) is 3. The molecule has 9 nitrogen and oxygen atoms in total. The fraction of sp³-hybridized carbons (Fsp3) is 0.171. The van der Waals surface area contributed by atoms with Crippen molar-refractivity contribution in [3.63, 3.8) is 0 Å². The van der Waals surface area contributed by atoms with Crippen LogP contribution < -0.4 is 15.2 Å². The average Bonchev–Trinajstić information content (AvgIpc) is 3.42. The Morgan fingerprint density at radius 3 is 2.17 bits per heavy atom. The van der Waals surface area contributed by atoms with E-state index in [2.05, 4.69) is 5.32 Å². The molecular weight excluding hydrogens is 626 g/mol. The van der Waals surface area contributed by atoms with Gasteiger partial charge in [0.2, 0.25) is 0 Å². The minimum absolute atomic E-state index is 0. The summed E-state index contributed by atoms with van der Waals surface area (Å²) in [5.74, 6) is -0.213. The summed E-state index contributed by atoms with van der Waals surface area (Å²) >= 11 is 1.49. The van der Waals surface area contributed by atoms with E-state index in [1.165, 1.54) is 36.2 Å². The zero-order valence-corrected chi connectivity index (χ0v) is 27.1. The first-order chi connectivity index (χ1) is 21.6. The summed E-state index contributed by atoms with van der Waals surface area (Å²) in [6.07, 6.45) is 1.94. The van der Waals surface area contributed by atoms with Crippen molar-refractivity contribution in [2.45, 2.75) is 19.9 Å². The van der Waals surface area contributed by atoms with Gasteiger partial charge < -0.3 is 25.0 Å². The lowest BCUT2D eigenvalue weighted by atomic mass is 9.97. The van der Waals surface area contributed by atoms with Gasteiger partial charge in [-0.2, -0.15) is 0 Å². The van der Waals surface area contributed by atoms with E-state index in [1.807, 2.05) is 54.9 Å². The molecule has 0 spiro atoms. The van der Waals surface area contributed by atoms with Crippen LogP contribution in [0.5, 0.6) is 0 Å². The molecule has 1 amide bonds. The van der Waals surface area contributed by atoms with Crippen LogP contribution in [0.3, 0.4) is 0 Å². The van der Waals surface area contributed by atoms with Gasteiger partial charge in [-0.25, -0.2) is 13.8 Å². The van der Waals surface area contributed by atoms with Crippen LogP contribution >= 0.6 is 11.9 Å². The number of fused-ring (bicyclic) bond motifs is 2. The van der Waals surface area contributed by atoms with Gasteiger partial charge in [0.1, 0.15) is 28.8 Å². The van der Waals surface area contributed by atoms with Crippen LogP contribution in [0.4, 0.5) is 14.5 Å². The number of halogens is 2. The van der Waals surface area contributed by atoms with Crippen LogP contribution in [-0.4, -0.2) is 46.8 Å². The van der Waals surface area contributed by atoms with Crippen molar-refractivity contribution in [1.29, 1.82) is 0 Å². The van der Waals surface area contributed by atoms with E-state index >= 15 is 0 Å². The molecule has 0 aliphatic heterocycles. The van der Waals surface area contributed by atoms with Gasteiger partial charge in [0, 0.05) is 42.9 Å². The molecule has 12 heteroatoms. The third kappa shape index (κ3) is 6.22. The molecule has 5 N–H and O–H groups in total. The fourth-order valence-corrected chi connectivity index (χ4v) is 6.05. The molecule has 0 radical (unpaired) electrons. The quantitative estimate of drug-likeness (QED) is 0.205. The van der Waals surface area contributed by atoms with Gasteiger partial charge in [-0.3, -0.25) is 14.2 Å². The number of furan rings is 1. The van der Waals surface area contributed by atoms with Crippen molar-refractivity contribution in [3.05, 3.63) is 118 Å². The molecule has 2 heterocycles. The Hall–Kier alpha value is -5.04. The zero-order valence-electron chi connectivity index (χ0n) is 26.3. The Balaban J connectivity index is 0.00000250. The summed E-state index contributed by atoms with van der Waals surface area (Å²) < 4.78 is 37.2. The minimum atomic E-state index is -0.394. The molecule has 0 saturated carbocycles. The molecule has 0 bridgehead atoms. The van der Waals surface area contributed by atoms with E-state index in [9.17, 15) is 18.4 Å². The highest BCUT2D eigenvalue weighted by Crippen LogP contribution is 2.42. The topological polar surface area (TPSA) is 143 Å². The first kappa shape index (κ1) is 34.8. The van der Waals surface area contributed by atoms with E-state index in [-0.39, 0.29) is 34.3 Å². The molecule has 0 aliphatic carbocycles. The molecule has 0 saturated heterocycles. The van der Waals surface area contributed by atoms with E-state index in [0.717, 1.165) is 22.4 Å². The fourth-order valence-electron chi connectivity index (χ4n) is 5.70. The van der Waals surface area contributed by atoms with Gasteiger partial charge in [-0.05, 0) is 79.6 Å². The van der Waals surface area contributed by atoms with Crippen LogP contribution in [0.1, 0.15) is 34.7 Å². The summed E-state index contributed by atoms with van der Waals surface area (Å²) in [5.41, 5.74) is 4.82. The van der Waals surface area contributed by atoms with Gasteiger partial charge in [-0.15, -0.1) is 0 Å². The summed E-state index contributed by atoms with van der Waals surface area (Å²) in [7, 11) is 3.46. The van der Waals surface area contributed by atoms with Gasteiger partial charge in [-0.1, -0.05) is 30.1 Å². The summed E-state index contributed by atoms with van der Waals surface area (Å²) in [6, 6.07) is 20.8. The molecule has 4 aromatic carbocycles. The Morgan fingerprint density at radius 2 is 1.55 bits per heavy atom. The van der Waals surface area contributed by atoms with Crippen molar-refractivity contribution in [2.75, 3.05) is 24.7 Å². The van der Waals surface area contributed by atoms with Crippen LogP contribution in [0.25, 0.3) is 44.3 Å². The number of hydrogen-bond donors (Lipinski definition) is 1. The molecular formula is C35H34F2N4O5S. The van der Waals surface area contributed by atoms with Gasteiger partial charge >= 0.3 is 0 Å². The van der Waals surface area contributed by atoms with E-state index < -0.39 is 5.82 Å². The number of aryl methyl sites for hydroxylation is 1. The van der Waals surface area contributed by atoms with Gasteiger partial charge in [0.15, 0.2) is 0 Å². The first-order valence-corrected chi connectivity index (χ1v) is 15.4. The van der Waals surface area contributed by atoms with E-state index in [4.69, 9.17) is 9.40 Å². The number of rotatable bonds is 7. The van der Waals surface area contributed by atoms with Gasteiger partial charge in [0.25, 0.3) is 11.5 Å². The Kier molecular flexibility index (Phi) is 10.2. The highest BCUT2D eigenvalue weighted by molar-refractivity contribution is 7.99. The van der Waals surface area contributed by atoms with Crippen LogP contribution in [0.2, 0.25) is 0 Å². The maximum atomic E-state index is 14.0.